The molecule has 0 radical (unpaired) electrons. The van der Waals surface area contributed by atoms with Crippen LogP contribution >= 0.6 is 11.8 Å². The van der Waals surface area contributed by atoms with E-state index in [9.17, 15) is 14.4 Å². The number of benzene rings is 3. The molecule has 0 saturated carbocycles. The number of piperazine rings is 1. The minimum absolute atomic E-state index is 0.160. The van der Waals surface area contributed by atoms with Crippen molar-refractivity contribution in [1.82, 2.24) is 14.9 Å². The van der Waals surface area contributed by atoms with E-state index in [1.54, 1.807) is 43.5 Å². The van der Waals surface area contributed by atoms with Gasteiger partial charge in [-0.05, 0) is 67.6 Å². The summed E-state index contributed by atoms with van der Waals surface area (Å²) in [6.45, 7) is 9.61. The number of carbonyl (C=O) groups is 3. The van der Waals surface area contributed by atoms with Gasteiger partial charge < -0.3 is 25.2 Å². The molecule has 3 N–H and O–H groups in total. The molecule has 2 aliphatic rings. The van der Waals surface area contributed by atoms with E-state index in [0.29, 0.717) is 49.4 Å². The van der Waals surface area contributed by atoms with Crippen molar-refractivity contribution in [2.75, 3.05) is 52.8 Å². The van der Waals surface area contributed by atoms with Crippen molar-refractivity contribution in [1.29, 1.82) is 0 Å². The lowest BCUT2D eigenvalue weighted by Gasteiger charge is -2.34. The van der Waals surface area contributed by atoms with Gasteiger partial charge in [-0.1, -0.05) is 61.5 Å². The number of ether oxygens (including phenoxy) is 1. The molecule has 4 aromatic rings. The molecule has 3 aromatic carbocycles. The van der Waals surface area contributed by atoms with Crippen LogP contribution < -0.4 is 20.9 Å². The average molecular weight is 692 g/mol. The summed E-state index contributed by atoms with van der Waals surface area (Å²) < 4.78 is 5.44. The second-order valence-corrected chi connectivity index (χ2v) is 14.3. The summed E-state index contributed by atoms with van der Waals surface area (Å²) >= 11 is 1.76. The summed E-state index contributed by atoms with van der Waals surface area (Å²) in [5.41, 5.74) is 4.32. The second-order valence-electron chi connectivity index (χ2n) is 13.3. The average Bonchev–Trinajstić information content (AvgIpc) is 3.55. The molecule has 0 spiro atoms. The van der Waals surface area contributed by atoms with Crippen molar-refractivity contribution in [3.05, 3.63) is 102 Å². The van der Waals surface area contributed by atoms with Gasteiger partial charge in [-0.15, -0.1) is 11.8 Å². The van der Waals surface area contributed by atoms with Crippen molar-refractivity contribution in [2.45, 2.75) is 33.3 Å². The zero-order chi connectivity index (χ0) is 35.3. The molecule has 4 amide bonds. The number of allylic oxidation sites excluding steroid dienone is 1. The first-order valence-electron chi connectivity index (χ1n) is 16.6. The lowest BCUT2D eigenvalue weighted by Crippen LogP contribution is -2.50. The molecule has 1 aromatic heterocycles. The van der Waals surface area contributed by atoms with Gasteiger partial charge >= 0.3 is 12.1 Å². The normalized spacial score (nSPS) is 16.0. The van der Waals surface area contributed by atoms with Gasteiger partial charge in [0.2, 0.25) is 5.95 Å². The van der Waals surface area contributed by atoms with Crippen LogP contribution in [0.1, 0.15) is 43.6 Å². The van der Waals surface area contributed by atoms with E-state index in [1.807, 2.05) is 59.5 Å². The van der Waals surface area contributed by atoms with Crippen molar-refractivity contribution >= 4 is 57.7 Å². The number of urea groups is 1. The predicted octanol–water partition coefficient (Wildman–Crippen LogP) is 7.82. The molecule has 1 unspecified atom stereocenters. The minimum atomic E-state index is -0.678. The molecule has 2 aliphatic heterocycles. The summed E-state index contributed by atoms with van der Waals surface area (Å²) in [5, 5.41) is 8.68. The fourth-order valence-corrected chi connectivity index (χ4v) is 6.72. The summed E-state index contributed by atoms with van der Waals surface area (Å²) in [4.78, 5) is 52.8. The van der Waals surface area contributed by atoms with Crippen LogP contribution in [0.15, 0.2) is 91.3 Å². The highest BCUT2D eigenvalue weighted by molar-refractivity contribution is 8.08. The summed E-state index contributed by atoms with van der Waals surface area (Å²) in [6, 6.07) is 23.3. The number of amides is 4. The van der Waals surface area contributed by atoms with Gasteiger partial charge in [0.25, 0.3) is 5.91 Å². The van der Waals surface area contributed by atoms with Gasteiger partial charge in [-0.2, -0.15) is 0 Å². The predicted molar refractivity (Wildman–Crippen MR) is 201 cm³/mol. The number of rotatable bonds is 7. The molecule has 11 nitrogen and oxygen atoms in total. The number of nitrogens with zero attached hydrogens (tertiary/aromatic N) is 4. The zero-order valence-corrected chi connectivity index (χ0v) is 29.4. The maximum absolute atomic E-state index is 13.4. The molecule has 6 rings (SSSR count). The molecule has 50 heavy (non-hydrogen) atoms. The van der Waals surface area contributed by atoms with Crippen LogP contribution in [-0.4, -0.2) is 70.4 Å². The first-order chi connectivity index (χ1) is 24.0. The molecule has 1 atom stereocenters. The van der Waals surface area contributed by atoms with Gasteiger partial charge in [0.05, 0.1) is 16.9 Å². The Labute approximate surface area is 296 Å². The van der Waals surface area contributed by atoms with E-state index in [2.05, 4.69) is 51.1 Å². The van der Waals surface area contributed by atoms with E-state index in [0.717, 1.165) is 33.0 Å². The minimum Gasteiger partial charge on any atom is -0.444 e. The van der Waals surface area contributed by atoms with Crippen LogP contribution in [0.25, 0.3) is 16.0 Å². The van der Waals surface area contributed by atoms with Crippen LogP contribution in [0.3, 0.4) is 0 Å². The fraction of sp³-hybridized carbons (Fsp3) is 0.289. The lowest BCUT2D eigenvalue weighted by atomic mass is 10.1. The number of carbonyl (C=O) groups excluding carboxylic acids is 3. The van der Waals surface area contributed by atoms with Crippen LogP contribution in [0.5, 0.6) is 0 Å². The van der Waals surface area contributed by atoms with Crippen LogP contribution in [0.2, 0.25) is 0 Å². The standard InChI is InChI=1S/C38H41N7O4S/c1-25-20-33(50-24-25)28-12-15-31(43-37(48)49-38(2,3)4)32(21-28)42-34(46)29-22-39-35(40-23-29)44-16-18-45(19-17-44)36(47)41-30-13-10-27(11-14-30)26-8-6-5-7-9-26/h5-15,20-23,25H,16-19,24H2,1-4H3,(H,41,47)(H,42,46)(H,43,48). The Kier molecular flexibility index (Phi) is 10.4. The number of thioether (sulfide) groups is 1. The van der Waals surface area contributed by atoms with Gasteiger partial charge in [-0.3, -0.25) is 10.1 Å². The van der Waals surface area contributed by atoms with Crippen LogP contribution in [0, 0.1) is 5.92 Å². The molecule has 0 aliphatic carbocycles. The lowest BCUT2D eigenvalue weighted by molar-refractivity contribution is 0.0635. The smallest absolute Gasteiger partial charge is 0.412 e. The van der Waals surface area contributed by atoms with Crippen molar-refractivity contribution < 1.29 is 19.1 Å². The Hall–Kier alpha value is -5.36. The van der Waals surface area contributed by atoms with E-state index in [4.69, 9.17) is 4.74 Å². The van der Waals surface area contributed by atoms with Gasteiger partial charge in [0.15, 0.2) is 0 Å². The first-order valence-corrected chi connectivity index (χ1v) is 17.6. The van der Waals surface area contributed by atoms with Crippen molar-refractivity contribution in [3.63, 3.8) is 0 Å². The first kappa shape index (κ1) is 34.5. The summed E-state index contributed by atoms with van der Waals surface area (Å²) in [5.74, 6) is 1.50. The van der Waals surface area contributed by atoms with E-state index in [1.165, 1.54) is 12.4 Å². The Balaban J connectivity index is 1.06. The summed E-state index contributed by atoms with van der Waals surface area (Å²) in [6.07, 6.45) is 4.55. The highest BCUT2D eigenvalue weighted by Crippen LogP contribution is 2.39. The quantitative estimate of drug-likeness (QED) is 0.179. The van der Waals surface area contributed by atoms with Crippen LogP contribution in [-0.2, 0) is 4.74 Å². The monoisotopic (exact) mass is 691 g/mol. The van der Waals surface area contributed by atoms with Crippen LogP contribution in [0.4, 0.5) is 32.6 Å². The summed E-state index contributed by atoms with van der Waals surface area (Å²) in [7, 11) is 0. The molecule has 1 fully saturated rings. The molecule has 3 heterocycles. The SMILES string of the molecule is CC1C=C(c2ccc(NC(=O)OC(C)(C)C)c(NC(=O)c3cnc(N4CCN(C(=O)Nc5ccc(-c6ccccc6)cc5)CC4)nc3)c2)SC1. The van der Waals surface area contributed by atoms with Crippen molar-refractivity contribution in [2.24, 2.45) is 5.92 Å². The van der Waals surface area contributed by atoms with Gasteiger partial charge in [-0.25, -0.2) is 19.6 Å². The zero-order valence-electron chi connectivity index (χ0n) is 28.6. The maximum Gasteiger partial charge on any atom is 0.412 e. The third kappa shape index (κ3) is 8.80. The topological polar surface area (TPSA) is 129 Å². The van der Waals surface area contributed by atoms with E-state index < -0.39 is 17.6 Å². The van der Waals surface area contributed by atoms with Gasteiger partial charge in [0, 0.05) is 54.9 Å². The number of hydrogen-bond acceptors (Lipinski definition) is 8. The molecule has 12 heteroatoms. The Bertz CT molecular complexity index is 1870. The molecule has 258 valence electrons. The second kappa shape index (κ2) is 15.0. The Morgan fingerprint density at radius 3 is 2.10 bits per heavy atom. The third-order valence-electron chi connectivity index (χ3n) is 8.12. The number of aromatic nitrogens is 2. The third-order valence-corrected chi connectivity index (χ3v) is 9.49. The van der Waals surface area contributed by atoms with Crippen molar-refractivity contribution in [3.8, 4) is 11.1 Å². The fourth-order valence-electron chi connectivity index (χ4n) is 5.56. The molecule has 0 bridgehead atoms. The van der Waals surface area contributed by atoms with E-state index >= 15 is 0 Å². The highest BCUT2D eigenvalue weighted by atomic mass is 32.2. The number of hydrogen-bond donors (Lipinski definition) is 3. The Morgan fingerprint density at radius 1 is 0.800 bits per heavy atom. The number of anilines is 4. The highest BCUT2D eigenvalue weighted by Gasteiger charge is 2.24. The largest absolute Gasteiger partial charge is 0.444 e. The molecule has 1 saturated heterocycles. The Morgan fingerprint density at radius 2 is 1.46 bits per heavy atom. The molecular formula is C38H41N7O4S. The maximum atomic E-state index is 13.4. The molecular weight excluding hydrogens is 651 g/mol. The van der Waals surface area contributed by atoms with E-state index in [-0.39, 0.29) is 11.6 Å². The van der Waals surface area contributed by atoms with Gasteiger partial charge in [0.1, 0.15) is 5.60 Å². The number of nitrogens with one attached hydrogen (secondary N) is 3.